The van der Waals surface area contributed by atoms with Crippen LogP contribution in [-0.2, 0) is 11.3 Å². The fourth-order valence-electron chi connectivity index (χ4n) is 2.80. The van der Waals surface area contributed by atoms with Crippen LogP contribution in [0.5, 0.6) is 5.88 Å². The molecule has 0 N–H and O–H groups in total. The SMILES string of the molecule is COCc1nnc(-c2cnc(-c3ccccc3)cn2)n1-c1ccc(OC)nc1. The second-order valence-electron chi connectivity index (χ2n) is 5.92. The first-order valence-electron chi connectivity index (χ1n) is 8.61. The van der Waals surface area contributed by atoms with Crippen molar-refractivity contribution in [2.75, 3.05) is 14.2 Å². The Hall–Kier alpha value is -3.65. The predicted molar refractivity (Wildman–Crippen MR) is 103 cm³/mol. The lowest BCUT2D eigenvalue weighted by Crippen LogP contribution is -2.06. The first-order chi connectivity index (χ1) is 13.8. The second kappa shape index (κ2) is 7.93. The molecule has 0 saturated heterocycles. The molecule has 0 aliphatic carbocycles. The van der Waals surface area contributed by atoms with Crippen LogP contribution in [0.2, 0.25) is 0 Å². The first kappa shape index (κ1) is 17.7. The molecule has 0 radical (unpaired) electrons. The number of hydrogen-bond acceptors (Lipinski definition) is 7. The molecule has 3 aromatic heterocycles. The zero-order chi connectivity index (χ0) is 19.3. The summed E-state index contributed by atoms with van der Waals surface area (Å²) in [6.45, 7) is 0.300. The Kier molecular flexibility index (Phi) is 5.03. The van der Waals surface area contributed by atoms with Gasteiger partial charge in [0.1, 0.15) is 12.3 Å². The van der Waals surface area contributed by atoms with Gasteiger partial charge >= 0.3 is 0 Å². The summed E-state index contributed by atoms with van der Waals surface area (Å²) in [7, 11) is 3.19. The Balaban J connectivity index is 1.75. The molecule has 140 valence electrons. The summed E-state index contributed by atoms with van der Waals surface area (Å²) in [5.74, 6) is 1.73. The maximum absolute atomic E-state index is 5.26. The van der Waals surface area contributed by atoms with Gasteiger partial charge in [0.05, 0.1) is 37.1 Å². The zero-order valence-electron chi connectivity index (χ0n) is 15.5. The molecule has 3 heterocycles. The van der Waals surface area contributed by atoms with Gasteiger partial charge in [0.2, 0.25) is 5.88 Å². The maximum Gasteiger partial charge on any atom is 0.213 e. The Morgan fingerprint density at radius 3 is 2.25 bits per heavy atom. The highest BCUT2D eigenvalue weighted by atomic mass is 16.5. The Bertz CT molecular complexity index is 1050. The summed E-state index contributed by atoms with van der Waals surface area (Å²) in [5.41, 5.74) is 3.17. The normalized spacial score (nSPS) is 10.8. The van der Waals surface area contributed by atoms with Gasteiger partial charge < -0.3 is 9.47 Å². The fourth-order valence-corrected chi connectivity index (χ4v) is 2.80. The molecule has 0 fully saturated rings. The van der Waals surface area contributed by atoms with E-state index in [0.29, 0.717) is 29.8 Å². The van der Waals surface area contributed by atoms with E-state index in [1.807, 2.05) is 41.0 Å². The molecule has 0 bridgehead atoms. The molecule has 0 aliphatic rings. The molecular weight excluding hydrogens is 356 g/mol. The lowest BCUT2D eigenvalue weighted by molar-refractivity contribution is 0.176. The average Bonchev–Trinajstić information content (AvgIpc) is 3.18. The summed E-state index contributed by atoms with van der Waals surface area (Å²) in [4.78, 5) is 13.3. The summed E-state index contributed by atoms with van der Waals surface area (Å²) in [6.07, 6.45) is 5.11. The van der Waals surface area contributed by atoms with Crippen molar-refractivity contribution in [3.63, 3.8) is 0 Å². The van der Waals surface area contributed by atoms with Gasteiger partial charge in [-0.25, -0.2) is 9.97 Å². The van der Waals surface area contributed by atoms with E-state index in [2.05, 4.69) is 25.1 Å². The minimum atomic E-state index is 0.300. The topological polar surface area (TPSA) is 87.8 Å². The molecule has 8 nitrogen and oxygen atoms in total. The van der Waals surface area contributed by atoms with Crippen LogP contribution < -0.4 is 4.74 Å². The molecule has 1 aromatic carbocycles. The molecule has 0 spiro atoms. The van der Waals surface area contributed by atoms with Gasteiger partial charge in [0, 0.05) is 18.7 Å². The number of aromatic nitrogens is 6. The molecule has 0 saturated carbocycles. The van der Waals surface area contributed by atoms with Gasteiger partial charge in [-0.15, -0.1) is 10.2 Å². The van der Waals surface area contributed by atoms with Gasteiger partial charge in [-0.3, -0.25) is 9.55 Å². The molecule has 0 unspecified atom stereocenters. The molecule has 4 aromatic rings. The van der Waals surface area contributed by atoms with E-state index in [9.17, 15) is 0 Å². The minimum Gasteiger partial charge on any atom is -0.481 e. The summed E-state index contributed by atoms with van der Waals surface area (Å²) in [5, 5.41) is 8.54. The van der Waals surface area contributed by atoms with E-state index in [4.69, 9.17) is 9.47 Å². The first-order valence-corrected chi connectivity index (χ1v) is 8.61. The monoisotopic (exact) mass is 374 g/mol. The Labute approximate surface area is 161 Å². The average molecular weight is 374 g/mol. The van der Waals surface area contributed by atoms with Crippen LogP contribution in [-0.4, -0.2) is 43.9 Å². The molecule has 0 amide bonds. The van der Waals surface area contributed by atoms with Crippen LogP contribution in [0, 0.1) is 0 Å². The number of rotatable bonds is 6. The quantitative estimate of drug-likeness (QED) is 0.513. The third-order valence-corrected chi connectivity index (χ3v) is 4.14. The highest BCUT2D eigenvalue weighted by Gasteiger charge is 2.17. The van der Waals surface area contributed by atoms with Crippen LogP contribution in [0.1, 0.15) is 5.82 Å². The number of nitrogens with zero attached hydrogens (tertiary/aromatic N) is 6. The van der Waals surface area contributed by atoms with Crippen molar-refractivity contribution in [3.05, 3.63) is 66.9 Å². The van der Waals surface area contributed by atoms with Gasteiger partial charge in [0.25, 0.3) is 0 Å². The minimum absolute atomic E-state index is 0.300. The molecule has 4 rings (SSSR count). The molecular formula is C20H18N6O2. The fraction of sp³-hybridized carbons (Fsp3) is 0.150. The number of hydrogen-bond donors (Lipinski definition) is 0. The molecule has 0 atom stereocenters. The predicted octanol–water partition coefficient (Wildman–Crippen LogP) is 2.94. The van der Waals surface area contributed by atoms with E-state index in [-0.39, 0.29) is 0 Å². The molecule has 0 aliphatic heterocycles. The van der Waals surface area contributed by atoms with E-state index >= 15 is 0 Å². The van der Waals surface area contributed by atoms with Crippen LogP contribution in [0.3, 0.4) is 0 Å². The number of pyridine rings is 1. The Morgan fingerprint density at radius 1 is 0.821 bits per heavy atom. The lowest BCUT2D eigenvalue weighted by atomic mass is 10.2. The summed E-state index contributed by atoms with van der Waals surface area (Å²) in [6, 6.07) is 13.5. The van der Waals surface area contributed by atoms with Crippen LogP contribution in [0.15, 0.2) is 61.1 Å². The van der Waals surface area contributed by atoms with Gasteiger partial charge in [0.15, 0.2) is 11.6 Å². The van der Waals surface area contributed by atoms with Gasteiger partial charge in [-0.1, -0.05) is 30.3 Å². The Morgan fingerprint density at radius 2 is 1.61 bits per heavy atom. The van der Waals surface area contributed by atoms with E-state index in [1.165, 1.54) is 0 Å². The third kappa shape index (κ3) is 3.45. The number of ether oxygens (including phenoxy) is 2. The number of benzene rings is 1. The van der Waals surface area contributed by atoms with Crippen LogP contribution in [0.25, 0.3) is 28.5 Å². The largest absolute Gasteiger partial charge is 0.481 e. The lowest BCUT2D eigenvalue weighted by Gasteiger charge is -2.10. The van der Waals surface area contributed by atoms with Crippen LogP contribution >= 0.6 is 0 Å². The smallest absolute Gasteiger partial charge is 0.213 e. The van der Waals surface area contributed by atoms with Crippen molar-refractivity contribution >= 4 is 0 Å². The van der Waals surface area contributed by atoms with Crippen LogP contribution in [0.4, 0.5) is 0 Å². The van der Waals surface area contributed by atoms with Gasteiger partial charge in [-0.2, -0.15) is 0 Å². The third-order valence-electron chi connectivity index (χ3n) is 4.14. The van der Waals surface area contributed by atoms with Crippen molar-refractivity contribution in [3.8, 4) is 34.3 Å². The number of methoxy groups -OCH3 is 2. The second-order valence-corrected chi connectivity index (χ2v) is 5.92. The standard InChI is InChI=1S/C20H18N6O2/c1-27-13-18-24-25-20(26(18)15-8-9-19(28-2)23-10-15)17-12-21-16(11-22-17)14-6-4-3-5-7-14/h3-12H,13H2,1-2H3. The maximum atomic E-state index is 5.26. The highest BCUT2D eigenvalue weighted by molar-refractivity contribution is 5.60. The van der Waals surface area contributed by atoms with E-state index in [0.717, 1.165) is 16.9 Å². The summed E-state index contributed by atoms with van der Waals surface area (Å²) < 4.78 is 12.2. The van der Waals surface area contributed by atoms with E-state index in [1.54, 1.807) is 38.9 Å². The zero-order valence-corrected chi connectivity index (χ0v) is 15.5. The van der Waals surface area contributed by atoms with Crippen molar-refractivity contribution in [2.24, 2.45) is 0 Å². The summed E-state index contributed by atoms with van der Waals surface area (Å²) >= 11 is 0. The van der Waals surface area contributed by atoms with Crippen molar-refractivity contribution < 1.29 is 9.47 Å². The van der Waals surface area contributed by atoms with Crippen molar-refractivity contribution in [1.82, 2.24) is 29.7 Å². The van der Waals surface area contributed by atoms with E-state index < -0.39 is 0 Å². The highest BCUT2D eigenvalue weighted by Crippen LogP contribution is 2.23. The molecule has 8 heteroatoms. The van der Waals surface area contributed by atoms with Crippen molar-refractivity contribution in [1.29, 1.82) is 0 Å². The van der Waals surface area contributed by atoms with Gasteiger partial charge in [-0.05, 0) is 6.07 Å². The molecule has 28 heavy (non-hydrogen) atoms. The van der Waals surface area contributed by atoms with Crippen molar-refractivity contribution in [2.45, 2.75) is 6.61 Å².